The third-order valence-corrected chi connectivity index (χ3v) is 3.04. The SMILES string of the molecule is CCCCC(CC)CNC(=O)CCNC(C)C. The van der Waals surface area contributed by atoms with Crippen molar-refractivity contribution >= 4 is 5.91 Å². The van der Waals surface area contributed by atoms with Gasteiger partial charge in [-0.15, -0.1) is 0 Å². The van der Waals surface area contributed by atoms with Crippen LogP contribution in [0, 0.1) is 5.92 Å². The topological polar surface area (TPSA) is 41.1 Å². The Kier molecular flexibility index (Phi) is 10.2. The quantitative estimate of drug-likeness (QED) is 0.618. The maximum absolute atomic E-state index is 11.6. The van der Waals surface area contributed by atoms with Gasteiger partial charge < -0.3 is 10.6 Å². The maximum atomic E-state index is 11.6. The molecule has 102 valence electrons. The molecule has 0 radical (unpaired) electrons. The van der Waals surface area contributed by atoms with E-state index in [0.717, 1.165) is 19.5 Å². The lowest BCUT2D eigenvalue weighted by atomic mass is 9.99. The molecule has 1 atom stereocenters. The largest absolute Gasteiger partial charge is 0.356 e. The summed E-state index contributed by atoms with van der Waals surface area (Å²) in [7, 11) is 0. The van der Waals surface area contributed by atoms with Crippen LogP contribution in [0.5, 0.6) is 0 Å². The van der Waals surface area contributed by atoms with Crippen molar-refractivity contribution in [2.45, 2.75) is 65.8 Å². The van der Waals surface area contributed by atoms with Crippen molar-refractivity contribution in [1.82, 2.24) is 10.6 Å². The van der Waals surface area contributed by atoms with Crippen LogP contribution in [0.15, 0.2) is 0 Å². The predicted octanol–water partition coefficient (Wildman–Crippen LogP) is 2.71. The minimum atomic E-state index is 0.174. The van der Waals surface area contributed by atoms with Crippen molar-refractivity contribution in [2.24, 2.45) is 5.92 Å². The number of hydrogen-bond donors (Lipinski definition) is 2. The number of hydrogen-bond acceptors (Lipinski definition) is 2. The zero-order valence-electron chi connectivity index (χ0n) is 12.0. The summed E-state index contributed by atoms with van der Waals surface area (Å²) in [5, 5.41) is 6.29. The number of carbonyl (C=O) groups is 1. The summed E-state index contributed by atoms with van der Waals surface area (Å²) in [4.78, 5) is 11.6. The van der Waals surface area contributed by atoms with E-state index in [1.54, 1.807) is 0 Å². The lowest BCUT2D eigenvalue weighted by Gasteiger charge is -2.15. The molecule has 0 aliphatic heterocycles. The molecular formula is C14H30N2O. The molecule has 17 heavy (non-hydrogen) atoms. The fraction of sp³-hybridized carbons (Fsp3) is 0.929. The molecule has 0 saturated carbocycles. The van der Waals surface area contributed by atoms with E-state index >= 15 is 0 Å². The van der Waals surface area contributed by atoms with Gasteiger partial charge in [-0.3, -0.25) is 4.79 Å². The van der Waals surface area contributed by atoms with Crippen LogP contribution < -0.4 is 10.6 Å². The Balaban J connectivity index is 3.58. The second-order valence-electron chi connectivity index (χ2n) is 5.08. The lowest BCUT2D eigenvalue weighted by Crippen LogP contribution is -2.33. The molecule has 0 aromatic rings. The van der Waals surface area contributed by atoms with Gasteiger partial charge in [-0.1, -0.05) is 47.0 Å². The first-order valence-electron chi connectivity index (χ1n) is 7.10. The minimum Gasteiger partial charge on any atom is -0.356 e. The van der Waals surface area contributed by atoms with Crippen LogP contribution in [0.1, 0.15) is 59.8 Å². The maximum Gasteiger partial charge on any atom is 0.221 e. The summed E-state index contributed by atoms with van der Waals surface area (Å²) in [5.74, 6) is 0.824. The normalized spacial score (nSPS) is 12.8. The first-order valence-corrected chi connectivity index (χ1v) is 7.10. The van der Waals surface area contributed by atoms with Crippen LogP contribution in [0.4, 0.5) is 0 Å². The highest BCUT2D eigenvalue weighted by atomic mass is 16.1. The monoisotopic (exact) mass is 242 g/mol. The molecule has 0 bridgehead atoms. The Bertz CT molecular complexity index is 193. The summed E-state index contributed by atoms with van der Waals surface area (Å²) < 4.78 is 0. The molecule has 3 heteroatoms. The lowest BCUT2D eigenvalue weighted by molar-refractivity contribution is -0.121. The van der Waals surface area contributed by atoms with E-state index in [2.05, 4.69) is 38.3 Å². The van der Waals surface area contributed by atoms with Gasteiger partial charge in [0.1, 0.15) is 0 Å². The molecule has 0 aromatic carbocycles. The Morgan fingerprint density at radius 3 is 2.47 bits per heavy atom. The van der Waals surface area contributed by atoms with Gasteiger partial charge in [-0.25, -0.2) is 0 Å². The molecule has 3 nitrogen and oxygen atoms in total. The summed E-state index contributed by atoms with van der Waals surface area (Å²) >= 11 is 0. The molecule has 0 rings (SSSR count). The van der Waals surface area contributed by atoms with Crippen molar-refractivity contribution in [1.29, 1.82) is 0 Å². The third kappa shape index (κ3) is 10.3. The molecule has 0 aromatic heterocycles. The first kappa shape index (κ1) is 16.4. The number of carbonyl (C=O) groups excluding carboxylic acids is 1. The molecule has 0 fully saturated rings. The van der Waals surface area contributed by atoms with Gasteiger partial charge in [0, 0.05) is 25.6 Å². The van der Waals surface area contributed by atoms with E-state index in [4.69, 9.17) is 0 Å². The van der Waals surface area contributed by atoms with Gasteiger partial charge in [-0.05, 0) is 12.3 Å². The van der Waals surface area contributed by atoms with E-state index in [1.165, 1.54) is 19.3 Å². The van der Waals surface area contributed by atoms with Gasteiger partial charge in [0.2, 0.25) is 5.91 Å². The zero-order chi connectivity index (χ0) is 13.1. The van der Waals surface area contributed by atoms with Crippen LogP contribution in [0.25, 0.3) is 0 Å². The Labute approximate surface area is 107 Å². The van der Waals surface area contributed by atoms with Crippen molar-refractivity contribution in [3.8, 4) is 0 Å². The number of rotatable bonds is 10. The van der Waals surface area contributed by atoms with Crippen molar-refractivity contribution in [2.75, 3.05) is 13.1 Å². The Hall–Kier alpha value is -0.570. The molecule has 1 unspecified atom stereocenters. The van der Waals surface area contributed by atoms with Gasteiger partial charge in [-0.2, -0.15) is 0 Å². The highest BCUT2D eigenvalue weighted by molar-refractivity contribution is 5.76. The van der Waals surface area contributed by atoms with Gasteiger partial charge in [0.15, 0.2) is 0 Å². The van der Waals surface area contributed by atoms with E-state index in [0.29, 0.717) is 18.4 Å². The fourth-order valence-electron chi connectivity index (χ4n) is 1.76. The molecule has 0 heterocycles. The summed E-state index contributed by atoms with van der Waals surface area (Å²) in [5.41, 5.74) is 0. The first-order chi connectivity index (χ1) is 8.10. The van der Waals surface area contributed by atoms with Gasteiger partial charge in [0.05, 0.1) is 0 Å². The average molecular weight is 242 g/mol. The Morgan fingerprint density at radius 2 is 1.94 bits per heavy atom. The molecule has 0 aliphatic rings. The molecule has 0 saturated heterocycles. The number of amides is 1. The molecule has 0 aliphatic carbocycles. The number of nitrogens with one attached hydrogen (secondary N) is 2. The van der Waals surface area contributed by atoms with E-state index in [9.17, 15) is 4.79 Å². The standard InChI is InChI=1S/C14H30N2O/c1-5-7-8-13(6-2)11-16-14(17)9-10-15-12(3)4/h12-13,15H,5-11H2,1-4H3,(H,16,17). The third-order valence-electron chi connectivity index (χ3n) is 3.04. The van der Waals surface area contributed by atoms with Crippen molar-refractivity contribution in [3.63, 3.8) is 0 Å². The average Bonchev–Trinajstić information content (AvgIpc) is 2.29. The van der Waals surface area contributed by atoms with Gasteiger partial charge >= 0.3 is 0 Å². The highest BCUT2D eigenvalue weighted by Crippen LogP contribution is 2.11. The van der Waals surface area contributed by atoms with Crippen LogP contribution in [-0.2, 0) is 4.79 Å². The van der Waals surface area contributed by atoms with Crippen LogP contribution in [-0.4, -0.2) is 25.0 Å². The van der Waals surface area contributed by atoms with Crippen molar-refractivity contribution < 1.29 is 4.79 Å². The van der Waals surface area contributed by atoms with E-state index < -0.39 is 0 Å². The highest BCUT2D eigenvalue weighted by Gasteiger charge is 2.08. The van der Waals surface area contributed by atoms with Crippen molar-refractivity contribution in [3.05, 3.63) is 0 Å². The minimum absolute atomic E-state index is 0.174. The predicted molar refractivity (Wildman–Crippen MR) is 74.1 cm³/mol. The van der Waals surface area contributed by atoms with E-state index in [1.807, 2.05) is 0 Å². The molecule has 1 amide bonds. The fourth-order valence-corrected chi connectivity index (χ4v) is 1.76. The molecule has 0 spiro atoms. The zero-order valence-corrected chi connectivity index (χ0v) is 12.0. The summed E-state index contributed by atoms with van der Waals surface area (Å²) in [6.45, 7) is 10.2. The van der Waals surface area contributed by atoms with Crippen LogP contribution in [0.3, 0.4) is 0 Å². The second kappa shape index (κ2) is 10.6. The smallest absolute Gasteiger partial charge is 0.221 e. The Morgan fingerprint density at radius 1 is 1.24 bits per heavy atom. The van der Waals surface area contributed by atoms with E-state index in [-0.39, 0.29) is 5.91 Å². The van der Waals surface area contributed by atoms with Crippen LogP contribution in [0.2, 0.25) is 0 Å². The second-order valence-corrected chi connectivity index (χ2v) is 5.08. The van der Waals surface area contributed by atoms with Gasteiger partial charge in [0.25, 0.3) is 0 Å². The molecule has 2 N–H and O–H groups in total. The summed E-state index contributed by atoms with van der Waals surface area (Å²) in [6, 6.07) is 0.454. The summed E-state index contributed by atoms with van der Waals surface area (Å²) in [6.07, 6.45) is 5.48. The van der Waals surface area contributed by atoms with Crippen LogP contribution >= 0.6 is 0 Å². The number of unbranched alkanes of at least 4 members (excludes halogenated alkanes) is 1. The molecular weight excluding hydrogens is 212 g/mol.